The van der Waals surface area contributed by atoms with Gasteiger partial charge in [0.15, 0.2) is 5.69 Å². The minimum Gasteiger partial charge on any atom is -0.497 e. The molecule has 184 valence electrons. The number of fused-ring (bicyclic) bond motifs is 3. The third-order valence-electron chi connectivity index (χ3n) is 8.03. The molecule has 0 spiro atoms. The lowest BCUT2D eigenvalue weighted by molar-refractivity contribution is -0.0843. The molecule has 3 fully saturated rings. The number of morpholine rings is 1. The Balaban J connectivity index is 1.17. The largest absolute Gasteiger partial charge is 0.497 e. The second kappa shape index (κ2) is 9.63. The van der Waals surface area contributed by atoms with Gasteiger partial charge in [0.05, 0.1) is 31.9 Å². The second-order valence-corrected chi connectivity index (χ2v) is 10.3. The maximum Gasteiger partial charge on any atom is 0.272 e. The number of hydrogen-bond donors (Lipinski definition) is 1. The summed E-state index contributed by atoms with van der Waals surface area (Å²) in [6, 6.07) is 17.6. The zero-order chi connectivity index (χ0) is 23.8. The first-order valence-electron chi connectivity index (χ1n) is 12.9. The number of hydrogen-bond acceptors (Lipinski definition) is 5. The van der Waals surface area contributed by atoms with Gasteiger partial charge in [-0.05, 0) is 49.4 Å². The van der Waals surface area contributed by atoms with Crippen molar-refractivity contribution in [2.75, 3.05) is 20.3 Å². The number of carbonyl (C=O) groups is 1. The summed E-state index contributed by atoms with van der Waals surface area (Å²) in [5, 5.41) is 9.15. The van der Waals surface area contributed by atoms with Crippen molar-refractivity contribution in [2.45, 2.75) is 69.2 Å². The number of aromatic nitrogens is 2. The van der Waals surface area contributed by atoms with Crippen LogP contribution in [0.25, 0.3) is 10.9 Å². The molecule has 1 amide bonds. The number of nitrogens with one attached hydrogen (secondary N) is 1. The summed E-state index contributed by atoms with van der Waals surface area (Å²) in [6.45, 7) is 2.30. The van der Waals surface area contributed by atoms with E-state index in [0.717, 1.165) is 48.9 Å². The molecule has 3 aromatic rings. The summed E-state index contributed by atoms with van der Waals surface area (Å²) in [5.41, 5.74) is 2.91. The highest BCUT2D eigenvalue weighted by molar-refractivity contribution is 6.05. The van der Waals surface area contributed by atoms with Gasteiger partial charge in [-0.15, -0.1) is 0 Å². The lowest BCUT2D eigenvalue weighted by atomic mass is 9.89. The molecule has 1 aliphatic carbocycles. The normalized spacial score (nSPS) is 25.1. The molecule has 35 heavy (non-hydrogen) atoms. The molecule has 3 aliphatic rings. The summed E-state index contributed by atoms with van der Waals surface area (Å²) in [4.78, 5) is 16.0. The number of rotatable bonds is 6. The van der Waals surface area contributed by atoms with E-state index in [1.54, 1.807) is 7.11 Å². The average Bonchev–Trinajstić information content (AvgIpc) is 3.53. The summed E-state index contributed by atoms with van der Waals surface area (Å²) in [7, 11) is 1.69. The molecule has 2 saturated heterocycles. The molecule has 2 aliphatic heterocycles. The molecule has 1 unspecified atom stereocenters. The number of nitrogens with zero attached hydrogens (tertiary/aromatic N) is 3. The van der Waals surface area contributed by atoms with E-state index in [-0.39, 0.29) is 11.9 Å². The van der Waals surface area contributed by atoms with Gasteiger partial charge < -0.3 is 14.8 Å². The van der Waals surface area contributed by atoms with Crippen molar-refractivity contribution in [3.05, 3.63) is 59.8 Å². The van der Waals surface area contributed by atoms with Crippen LogP contribution < -0.4 is 10.1 Å². The molecule has 6 rings (SSSR count). The fraction of sp³-hybridized carbons (Fsp3) is 0.500. The van der Waals surface area contributed by atoms with E-state index >= 15 is 0 Å². The Bertz CT molecular complexity index is 1170. The molecule has 7 nitrogen and oxygen atoms in total. The lowest BCUT2D eigenvalue weighted by Gasteiger charge is -2.48. The predicted molar refractivity (Wildman–Crippen MR) is 135 cm³/mol. The minimum absolute atomic E-state index is 0.0504. The predicted octanol–water partition coefficient (Wildman–Crippen LogP) is 4.32. The van der Waals surface area contributed by atoms with Crippen molar-refractivity contribution in [2.24, 2.45) is 0 Å². The summed E-state index contributed by atoms with van der Waals surface area (Å²) in [6.07, 6.45) is 6.53. The van der Waals surface area contributed by atoms with Crippen LogP contribution in [0.3, 0.4) is 0 Å². The van der Waals surface area contributed by atoms with E-state index in [9.17, 15) is 4.79 Å². The monoisotopic (exact) mass is 474 g/mol. The molecular formula is C28H34N4O3. The van der Waals surface area contributed by atoms with Crippen molar-refractivity contribution in [1.82, 2.24) is 20.0 Å². The SMILES string of the molecule is COc1ccc(CN2[C@@H]3COC[C@H]2CC(NC(=O)c2nn(C4CCCC4)c4ccccc24)C3)cc1. The molecule has 1 saturated carbocycles. The first-order chi connectivity index (χ1) is 17.2. The standard InChI is InChI=1S/C28H34N4O3/c1-34-24-12-10-19(11-13-24)16-31-22-14-20(15-23(31)18-35-17-22)29-28(33)27-25-8-4-5-9-26(25)32(30-27)21-6-2-3-7-21/h4-5,8-13,20-23H,2-3,6-7,14-18H2,1H3,(H,29,33)/t20?,22-,23+. The number of carbonyl (C=O) groups excluding carboxylic acids is 1. The Hall–Kier alpha value is -2.90. The Morgan fingerprint density at radius 3 is 2.46 bits per heavy atom. The summed E-state index contributed by atoms with van der Waals surface area (Å²) < 4.78 is 13.3. The Morgan fingerprint density at radius 1 is 1.03 bits per heavy atom. The number of para-hydroxylation sites is 1. The van der Waals surface area contributed by atoms with Gasteiger partial charge >= 0.3 is 0 Å². The van der Waals surface area contributed by atoms with Crippen molar-refractivity contribution < 1.29 is 14.3 Å². The van der Waals surface area contributed by atoms with E-state index in [1.165, 1.54) is 18.4 Å². The third-order valence-corrected chi connectivity index (χ3v) is 8.03. The highest BCUT2D eigenvalue weighted by Crippen LogP contribution is 2.33. The second-order valence-electron chi connectivity index (χ2n) is 10.3. The van der Waals surface area contributed by atoms with Gasteiger partial charge in [0.1, 0.15) is 5.75 Å². The highest BCUT2D eigenvalue weighted by atomic mass is 16.5. The Labute approximate surface area is 206 Å². The van der Waals surface area contributed by atoms with E-state index in [2.05, 4.69) is 33.1 Å². The number of benzene rings is 2. The molecule has 3 atom stereocenters. The Kier molecular flexibility index (Phi) is 6.20. The molecule has 0 radical (unpaired) electrons. The number of methoxy groups -OCH3 is 1. The zero-order valence-electron chi connectivity index (χ0n) is 20.4. The maximum absolute atomic E-state index is 13.5. The van der Waals surface area contributed by atoms with E-state index < -0.39 is 0 Å². The van der Waals surface area contributed by atoms with Crippen LogP contribution >= 0.6 is 0 Å². The number of ether oxygens (including phenoxy) is 2. The molecule has 3 heterocycles. The van der Waals surface area contributed by atoms with E-state index in [1.807, 2.05) is 30.3 Å². The van der Waals surface area contributed by atoms with Gasteiger partial charge in [-0.1, -0.05) is 43.2 Å². The van der Waals surface area contributed by atoms with Crippen LogP contribution in [-0.4, -0.2) is 59.0 Å². The summed E-state index contributed by atoms with van der Waals surface area (Å²) >= 11 is 0. The van der Waals surface area contributed by atoms with Crippen molar-refractivity contribution in [3.63, 3.8) is 0 Å². The minimum atomic E-state index is -0.0504. The molecule has 2 aromatic carbocycles. The van der Waals surface area contributed by atoms with Crippen molar-refractivity contribution in [3.8, 4) is 5.75 Å². The van der Waals surface area contributed by atoms with Crippen LogP contribution in [0.15, 0.2) is 48.5 Å². The van der Waals surface area contributed by atoms with Gasteiger partial charge in [0.2, 0.25) is 0 Å². The zero-order valence-corrected chi connectivity index (χ0v) is 20.4. The first kappa shape index (κ1) is 22.6. The van der Waals surface area contributed by atoms with Crippen LogP contribution in [0, 0.1) is 0 Å². The van der Waals surface area contributed by atoms with E-state index in [4.69, 9.17) is 14.6 Å². The van der Waals surface area contributed by atoms with Crippen LogP contribution in [0.4, 0.5) is 0 Å². The molecule has 2 bridgehead atoms. The van der Waals surface area contributed by atoms with Crippen molar-refractivity contribution in [1.29, 1.82) is 0 Å². The molecule has 7 heteroatoms. The maximum atomic E-state index is 13.5. The summed E-state index contributed by atoms with van der Waals surface area (Å²) in [5.74, 6) is 0.826. The first-order valence-corrected chi connectivity index (χ1v) is 12.9. The van der Waals surface area contributed by atoms with Gasteiger partial charge in [-0.2, -0.15) is 5.10 Å². The Morgan fingerprint density at radius 2 is 1.74 bits per heavy atom. The van der Waals surface area contributed by atoms with Crippen LogP contribution in [0.2, 0.25) is 0 Å². The van der Waals surface area contributed by atoms with E-state index in [0.29, 0.717) is 37.0 Å². The van der Waals surface area contributed by atoms with Gasteiger partial charge in [0, 0.05) is 30.1 Å². The quantitative estimate of drug-likeness (QED) is 0.576. The van der Waals surface area contributed by atoms with Crippen molar-refractivity contribution >= 4 is 16.8 Å². The van der Waals surface area contributed by atoms with Crippen LogP contribution in [0.5, 0.6) is 5.75 Å². The smallest absolute Gasteiger partial charge is 0.272 e. The highest BCUT2D eigenvalue weighted by Gasteiger charge is 2.39. The van der Waals surface area contributed by atoms with Gasteiger partial charge in [0.25, 0.3) is 5.91 Å². The molecular weight excluding hydrogens is 440 g/mol. The van der Waals surface area contributed by atoms with Crippen LogP contribution in [0.1, 0.15) is 60.6 Å². The fourth-order valence-electron chi connectivity index (χ4n) is 6.25. The topological polar surface area (TPSA) is 68.6 Å². The average molecular weight is 475 g/mol. The third kappa shape index (κ3) is 4.43. The molecule has 1 N–H and O–H groups in total. The van der Waals surface area contributed by atoms with Gasteiger partial charge in [-0.3, -0.25) is 14.4 Å². The van der Waals surface area contributed by atoms with Crippen LogP contribution in [-0.2, 0) is 11.3 Å². The lowest BCUT2D eigenvalue weighted by Crippen LogP contribution is -2.60. The number of amides is 1. The molecule has 1 aromatic heterocycles. The fourth-order valence-corrected chi connectivity index (χ4v) is 6.25. The number of piperidine rings is 1. The van der Waals surface area contributed by atoms with Gasteiger partial charge in [-0.25, -0.2) is 0 Å².